The summed E-state index contributed by atoms with van der Waals surface area (Å²) in [6.07, 6.45) is 6.01. The lowest BCUT2D eigenvalue weighted by molar-refractivity contribution is 0.283. The van der Waals surface area contributed by atoms with E-state index in [1.807, 2.05) is 4.31 Å². The average molecular weight is 254 g/mol. The maximum Gasteiger partial charge on any atom is 0.141 e. The van der Waals surface area contributed by atoms with Crippen LogP contribution in [0.5, 0.6) is 0 Å². The monoisotopic (exact) mass is 253 g/mol. The predicted molar refractivity (Wildman–Crippen MR) is 60.5 cm³/mol. The molecule has 0 N–H and O–H groups in total. The fourth-order valence-corrected chi connectivity index (χ4v) is 4.00. The van der Waals surface area contributed by atoms with E-state index < -0.39 is 11.0 Å². The van der Waals surface area contributed by atoms with Crippen molar-refractivity contribution in [2.45, 2.75) is 38.1 Å². The Morgan fingerprint density at radius 3 is 2.36 bits per heavy atom. The van der Waals surface area contributed by atoms with Crippen molar-refractivity contribution in [1.82, 2.24) is 4.31 Å². The van der Waals surface area contributed by atoms with E-state index in [1.165, 1.54) is 19.3 Å². The van der Waals surface area contributed by atoms with Gasteiger partial charge in [-0.05, 0) is 12.8 Å². The van der Waals surface area contributed by atoms with Crippen LogP contribution in [0.4, 0.5) is 0 Å². The maximum absolute atomic E-state index is 11.8. The van der Waals surface area contributed by atoms with E-state index in [9.17, 15) is 4.21 Å². The Labute approximate surface area is 96.8 Å². The molecular formula is C9H13Cl2NOS. The molecule has 5 heteroatoms. The summed E-state index contributed by atoms with van der Waals surface area (Å²) in [6, 6.07) is 0.412. The van der Waals surface area contributed by atoms with Gasteiger partial charge in [-0.2, -0.15) is 0 Å². The second-order valence-electron chi connectivity index (χ2n) is 3.79. The van der Waals surface area contributed by atoms with Gasteiger partial charge in [0, 0.05) is 12.6 Å². The molecule has 0 aromatic heterocycles. The topological polar surface area (TPSA) is 20.3 Å². The van der Waals surface area contributed by atoms with Crippen molar-refractivity contribution in [2.75, 3.05) is 6.54 Å². The molecule has 1 saturated carbocycles. The van der Waals surface area contributed by atoms with Crippen molar-refractivity contribution in [2.24, 2.45) is 0 Å². The van der Waals surface area contributed by atoms with Gasteiger partial charge in [0.25, 0.3) is 0 Å². The molecule has 0 spiro atoms. The molecule has 1 fully saturated rings. The summed E-state index contributed by atoms with van der Waals surface area (Å²) in [6.45, 7) is 0.567. The van der Waals surface area contributed by atoms with Crippen LogP contribution in [0.15, 0.2) is 9.40 Å². The van der Waals surface area contributed by atoms with Gasteiger partial charge in [0.15, 0.2) is 0 Å². The first-order valence-corrected chi connectivity index (χ1v) is 6.79. The minimum absolute atomic E-state index is 0.331. The van der Waals surface area contributed by atoms with Crippen LogP contribution < -0.4 is 0 Å². The summed E-state index contributed by atoms with van der Waals surface area (Å²) in [7, 11) is -1.19. The van der Waals surface area contributed by atoms with Crippen LogP contribution in [0.1, 0.15) is 32.1 Å². The molecule has 1 aliphatic carbocycles. The molecule has 0 aromatic carbocycles. The Morgan fingerprint density at radius 1 is 1.21 bits per heavy atom. The van der Waals surface area contributed by atoms with Gasteiger partial charge in [-0.1, -0.05) is 42.5 Å². The molecule has 1 aliphatic heterocycles. The SMILES string of the molecule is O=S1C(Cl)=C(Cl)CN1C1CCCCC1. The first kappa shape index (κ1) is 10.9. The van der Waals surface area contributed by atoms with Crippen molar-refractivity contribution in [3.05, 3.63) is 9.40 Å². The predicted octanol–water partition coefficient (Wildman–Crippen LogP) is 2.95. The van der Waals surface area contributed by atoms with E-state index in [-0.39, 0.29) is 0 Å². The molecule has 0 saturated heterocycles. The highest BCUT2D eigenvalue weighted by molar-refractivity contribution is 7.88. The third-order valence-corrected chi connectivity index (χ3v) is 5.40. The zero-order chi connectivity index (χ0) is 10.1. The fourth-order valence-electron chi connectivity index (χ4n) is 2.09. The Morgan fingerprint density at radius 2 is 1.86 bits per heavy atom. The number of nitrogens with zero attached hydrogens (tertiary/aromatic N) is 1. The first-order chi connectivity index (χ1) is 6.70. The molecule has 1 unspecified atom stereocenters. The molecule has 80 valence electrons. The Hall–Kier alpha value is 0.430. The number of hydrogen-bond donors (Lipinski definition) is 0. The van der Waals surface area contributed by atoms with Gasteiger partial charge in [-0.15, -0.1) is 0 Å². The Balaban J connectivity index is 2.04. The largest absolute Gasteiger partial charge is 0.236 e. The smallest absolute Gasteiger partial charge is 0.141 e. The second kappa shape index (κ2) is 4.52. The van der Waals surface area contributed by atoms with E-state index >= 15 is 0 Å². The van der Waals surface area contributed by atoms with E-state index in [4.69, 9.17) is 23.2 Å². The van der Waals surface area contributed by atoms with Crippen LogP contribution in [0, 0.1) is 0 Å². The average Bonchev–Trinajstić information content (AvgIpc) is 2.47. The summed E-state index contributed by atoms with van der Waals surface area (Å²) in [5, 5.41) is 0.551. The van der Waals surface area contributed by atoms with Crippen LogP contribution >= 0.6 is 23.2 Å². The highest BCUT2D eigenvalue weighted by Gasteiger charge is 2.33. The van der Waals surface area contributed by atoms with Crippen molar-refractivity contribution < 1.29 is 4.21 Å². The van der Waals surface area contributed by atoms with Gasteiger partial charge in [0.05, 0.1) is 5.03 Å². The maximum atomic E-state index is 11.8. The van der Waals surface area contributed by atoms with E-state index in [0.717, 1.165) is 12.8 Å². The van der Waals surface area contributed by atoms with Gasteiger partial charge < -0.3 is 0 Å². The number of rotatable bonds is 1. The van der Waals surface area contributed by atoms with Crippen molar-refractivity contribution in [3.63, 3.8) is 0 Å². The van der Waals surface area contributed by atoms with Gasteiger partial charge in [0.2, 0.25) is 0 Å². The molecule has 1 atom stereocenters. The Kier molecular flexibility index (Phi) is 3.53. The van der Waals surface area contributed by atoms with Gasteiger partial charge in [0.1, 0.15) is 15.3 Å². The third-order valence-electron chi connectivity index (χ3n) is 2.86. The van der Waals surface area contributed by atoms with Gasteiger partial charge in [-0.3, -0.25) is 0 Å². The van der Waals surface area contributed by atoms with Crippen LogP contribution in [0.2, 0.25) is 0 Å². The van der Waals surface area contributed by atoms with Crippen LogP contribution in [-0.4, -0.2) is 21.1 Å². The number of halogens is 2. The lowest BCUT2D eigenvalue weighted by Gasteiger charge is -2.29. The quantitative estimate of drug-likeness (QED) is 0.704. The number of hydrogen-bond acceptors (Lipinski definition) is 1. The highest BCUT2D eigenvalue weighted by Crippen LogP contribution is 2.34. The normalized spacial score (nSPS) is 31.4. The fraction of sp³-hybridized carbons (Fsp3) is 0.778. The van der Waals surface area contributed by atoms with Gasteiger partial charge >= 0.3 is 0 Å². The molecule has 2 nitrogen and oxygen atoms in total. The minimum atomic E-state index is -1.19. The summed E-state index contributed by atoms with van der Waals surface area (Å²) in [5.74, 6) is 0. The van der Waals surface area contributed by atoms with E-state index in [2.05, 4.69) is 0 Å². The lowest BCUT2D eigenvalue weighted by atomic mass is 9.95. The first-order valence-electron chi connectivity index (χ1n) is 4.93. The Bertz CT molecular complexity index is 287. The zero-order valence-electron chi connectivity index (χ0n) is 7.84. The molecule has 14 heavy (non-hydrogen) atoms. The summed E-state index contributed by atoms with van der Waals surface area (Å²) in [4.78, 5) is 0. The minimum Gasteiger partial charge on any atom is -0.236 e. The molecule has 0 radical (unpaired) electrons. The molecule has 0 aromatic rings. The van der Waals surface area contributed by atoms with Crippen molar-refractivity contribution in [3.8, 4) is 0 Å². The second-order valence-corrected chi connectivity index (χ2v) is 6.23. The molecule has 1 heterocycles. The van der Waals surface area contributed by atoms with Crippen molar-refractivity contribution in [1.29, 1.82) is 0 Å². The standard InChI is InChI=1S/C9H13Cl2NOS/c10-8-6-12(14(13)9(8)11)7-4-2-1-3-5-7/h7H,1-6H2. The molecular weight excluding hydrogens is 241 g/mol. The van der Waals surface area contributed by atoms with E-state index in [1.54, 1.807) is 0 Å². The summed E-state index contributed by atoms with van der Waals surface area (Å²) in [5.41, 5.74) is 0. The van der Waals surface area contributed by atoms with Crippen LogP contribution in [0.3, 0.4) is 0 Å². The highest BCUT2D eigenvalue weighted by atomic mass is 35.5. The van der Waals surface area contributed by atoms with Gasteiger partial charge in [-0.25, -0.2) is 8.51 Å². The molecule has 2 rings (SSSR count). The molecule has 0 bridgehead atoms. The van der Waals surface area contributed by atoms with E-state index in [0.29, 0.717) is 22.0 Å². The third kappa shape index (κ3) is 2.01. The van der Waals surface area contributed by atoms with Crippen molar-refractivity contribution >= 4 is 34.2 Å². The lowest BCUT2D eigenvalue weighted by Crippen LogP contribution is -2.35. The van der Waals surface area contributed by atoms with Crippen LogP contribution in [-0.2, 0) is 11.0 Å². The zero-order valence-corrected chi connectivity index (χ0v) is 10.2. The summed E-state index contributed by atoms with van der Waals surface area (Å²) < 4.78 is 14.0. The molecule has 0 amide bonds. The summed E-state index contributed by atoms with van der Waals surface area (Å²) >= 11 is 11.7. The molecule has 2 aliphatic rings. The van der Waals surface area contributed by atoms with Crippen LogP contribution in [0.25, 0.3) is 0 Å².